The number of hydrogen-bond acceptors (Lipinski definition) is 6. The molecule has 0 aliphatic heterocycles. The first-order valence-electron chi connectivity index (χ1n) is 9.99. The van der Waals surface area contributed by atoms with Gasteiger partial charge in [-0.15, -0.1) is 5.10 Å². The molecule has 0 unspecified atom stereocenters. The maximum absolute atomic E-state index is 6.24. The van der Waals surface area contributed by atoms with E-state index in [4.69, 9.17) is 21.3 Å². The molecule has 0 atom stereocenters. The minimum atomic E-state index is 0.432. The maximum Gasteiger partial charge on any atom is 0.201 e. The van der Waals surface area contributed by atoms with E-state index in [1.54, 1.807) is 6.20 Å². The highest BCUT2D eigenvalue weighted by Gasteiger charge is 2.14. The van der Waals surface area contributed by atoms with E-state index in [0.717, 1.165) is 22.5 Å². The van der Waals surface area contributed by atoms with Crippen LogP contribution in [0.3, 0.4) is 0 Å². The van der Waals surface area contributed by atoms with Crippen molar-refractivity contribution in [2.75, 3.05) is 6.61 Å². The summed E-state index contributed by atoms with van der Waals surface area (Å²) in [6, 6.07) is 11.5. The van der Waals surface area contributed by atoms with Gasteiger partial charge in [-0.1, -0.05) is 31.5 Å². The monoisotopic (exact) mass is 433 g/mol. The van der Waals surface area contributed by atoms with Crippen LogP contribution >= 0.6 is 11.6 Å². The Bertz CT molecular complexity index is 1380. The van der Waals surface area contributed by atoms with Gasteiger partial charge in [0, 0.05) is 22.7 Å². The molecule has 2 N–H and O–H groups in total. The summed E-state index contributed by atoms with van der Waals surface area (Å²) in [5.41, 5.74) is 5.24. The number of fused-ring (bicyclic) bond motifs is 3. The number of halogens is 1. The third-order valence-electron chi connectivity index (χ3n) is 4.80. The van der Waals surface area contributed by atoms with Gasteiger partial charge < -0.3 is 4.74 Å². The summed E-state index contributed by atoms with van der Waals surface area (Å²) in [5.74, 6) is 1.80. The number of aromatic nitrogens is 7. The molecule has 4 aromatic heterocycles. The third kappa shape index (κ3) is 3.94. The van der Waals surface area contributed by atoms with E-state index < -0.39 is 0 Å². The minimum Gasteiger partial charge on any atom is -0.493 e. The lowest BCUT2D eigenvalue weighted by molar-refractivity contribution is 0.269. The quantitative estimate of drug-likeness (QED) is 0.406. The number of nitrogens with one attached hydrogen (secondary N) is 2. The van der Waals surface area contributed by atoms with Crippen LogP contribution in [0.15, 0.2) is 42.6 Å². The molecule has 1 aromatic carbocycles. The lowest BCUT2D eigenvalue weighted by atomic mass is 10.1. The van der Waals surface area contributed by atoms with E-state index >= 15 is 0 Å². The molecular formula is C22H20ClN7O. The third-order valence-corrected chi connectivity index (χ3v) is 5.04. The molecule has 0 amide bonds. The van der Waals surface area contributed by atoms with Crippen molar-refractivity contribution in [3.05, 3.63) is 58.9 Å². The van der Waals surface area contributed by atoms with E-state index in [1.807, 2.05) is 36.4 Å². The molecule has 156 valence electrons. The number of H-pyrrole nitrogens is 2. The molecule has 0 spiro atoms. The number of aromatic amines is 2. The standard InChI is InChI=1S/C22H20ClN7O/c1-12(2)11-31-18-7-6-14(23)8-13(18)9-15-4-3-5-16(25-15)21-26-17-10-24-22-20(19(17)27-21)28-30-29-22/h3-8,10,12,28,30H,9,11H2,1-2H3. The summed E-state index contributed by atoms with van der Waals surface area (Å²) in [6.45, 7) is 4.88. The molecular weight excluding hydrogens is 414 g/mol. The van der Waals surface area contributed by atoms with Crippen LogP contribution in [0.1, 0.15) is 25.1 Å². The smallest absolute Gasteiger partial charge is 0.201 e. The highest BCUT2D eigenvalue weighted by molar-refractivity contribution is 6.30. The van der Waals surface area contributed by atoms with Crippen molar-refractivity contribution in [1.29, 1.82) is 0 Å². The summed E-state index contributed by atoms with van der Waals surface area (Å²) >= 11 is 6.24. The molecule has 31 heavy (non-hydrogen) atoms. The molecule has 0 saturated heterocycles. The highest BCUT2D eigenvalue weighted by Crippen LogP contribution is 2.27. The number of rotatable bonds is 6. The Balaban J connectivity index is 1.47. The Labute approximate surface area is 183 Å². The molecule has 0 fully saturated rings. The van der Waals surface area contributed by atoms with Gasteiger partial charge in [0.15, 0.2) is 5.82 Å². The van der Waals surface area contributed by atoms with Crippen LogP contribution in [-0.2, 0) is 6.42 Å². The average molecular weight is 434 g/mol. The first-order chi connectivity index (χ1) is 15.1. The topological polar surface area (TPSA) is 105 Å². The van der Waals surface area contributed by atoms with E-state index in [0.29, 0.717) is 52.2 Å². The molecule has 0 saturated carbocycles. The first-order valence-corrected chi connectivity index (χ1v) is 10.4. The molecule has 0 bridgehead atoms. The fourth-order valence-electron chi connectivity index (χ4n) is 3.35. The van der Waals surface area contributed by atoms with Crippen molar-refractivity contribution in [3.8, 4) is 17.3 Å². The van der Waals surface area contributed by atoms with Crippen molar-refractivity contribution >= 4 is 33.8 Å². The Kier molecular flexibility index (Phi) is 4.99. The largest absolute Gasteiger partial charge is 0.493 e. The maximum atomic E-state index is 6.24. The van der Waals surface area contributed by atoms with Crippen LogP contribution in [0.25, 0.3) is 33.7 Å². The summed E-state index contributed by atoms with van der Waals surface area (Å²) in [7, 11) is 0. The summed E-state index contributed by atoms with van der Waals surface area (Å²) in [6.07, 6.45) is 2.25. The number of hydrogen-bond donors (Lipinski definition) is 2. The highest BCUT2D eigenvalue weighted by atomic mass is 35.5. The molecule has 5 aromatic rings. The van der Waals surface area contributed by atoms with Crippen LogP contribution in [0.2, 0.25) is 5.02 Å². The van der Waals surface area contributed by atoms with E-state index in [2.05, 4.69) is 44.2 Å². The van der Waals surface area contributed by atoms with Crippen LogP contribution in [0.4, 0.5) is 0 Å². The van der Waals surface area contributed by atoms with Crippen molar-refractivity contribution in [2.45, 2.75) is 20.3 Å². The van der Waals surface area contributed by atoms with Crippen LogP contribution in [-0.4, -0.2) is 42.0 Å². The van der Waals surface area contributed by atoms with Gasteiger partial charge >= 0.3 is 0 Å². The van der Waals surface area contributed by atoms with Gasteiger partial charge in [-0.25, -0.2) is 25.1 Å². The number of imidazole rings is 1. The van der Waals surface area contributed by atoms with Gasteiger partial charge in [-0.05, 0) is 36.2 Å². The van der Waals surface area contributed by atoms with Gasteiger partial charge in [-0.3, -0.25) is 5.10 Å². The summed E-state index contributed by atoms with van der Waals surface area (Å²) in [4.78, 5) is 18.3. The Hall–Kier alpha value is -3.52. The second-order valence-electron chi connectivity index (χ2n) is 7.73. The fourth-order valence-corrected chi connectivity index (χ4v) is 3.55. The van der Waals surface area contributed by atoms with E-state index in [-0.39, 0.29) is 0 Å². The predicted molar refractivity (Wildman–Crippen MR) is 119 cm³/mol. The van der Waals surface area contributed by atoms with Crippen molar-refractivity contribution < 1.29 is 4.74 Å². The summed E-state index contributed by atoms with van der Waals surface area (Å²) < 4.78 is 5.98. The Morgan fingerprint density at radius 3 is 2.87 bits per heavy atom. The number of benzene rings is 1. The van der Waals surface area contributed by atoms with E-state index in [1.165, 1.54) is 0 Å². The van der Waals surface area contributed by atoms with E-state index in [9.17, 15) is 0 Å². The van der Waals surface area contributed by atoms with Gasteiger partial charge in [0.1, 0.15) is 28.0 Å². The van der Waals surface area contributed by atoms with Crippen LogP contribution < -0.4 is 4.74 Å². The normalized spacial score (nSPS) is 11.6. The number of ether oxygens (including phenoxy) is 1. The molecule has 5 rings (SSSR count). The Morgan fingerprint density at radius 2 is 2.00 bits per heavy atom. The molecule has 0 aliphatic carbocycles. The fraction of sp³-hybridized carbons (Fsp3) is 0.227. The number of nitrogens with zero attached hydrogens (tertiary/aromatic N) is 5. The molecule has 8 nitrogen and oxygen atoms in total. The lowest BCUT2D eigenvalue weighted by Crippen LogP contribution is -2.06. The van der Waals surface area contributed by atoms with Crippen LogP contribution in [0, 0.1) is 5.92 Å². The minimum absolute atomic E-state index is 0.432. The molecule has 0 aliphatic rings. The zero-order chi connectivity index (χ0) is 21.4. The number of pyridine rings is 2. The SMILES string of the molecule is CC(C)COc1ccc(Cl)cc1Cc1cccc(-c2nc3cnc4n[nH][nH]c4c3n2)n1. The zero-order valence-electron chi connectivity index (χ0n) is 17.1. The van der Waals surface area contributed by atoms with Crippen molar-refractivity contribution in [1.82, 2.24) is 35.3 Å². The lowest BCUT2D eigenvalue weighted by Gasteiger charge is -2.13. The van der Waals surface area contributed by atoms with Crippen molar-refractivity contribution in [2.24, 2.45) is 5.92 Å². The van der Waals surface area contributed by atoms with Gasteiger partial charge in [0.25, 0.3) is 0 Å². The molecule has 4 heterocycles. The second kappa shape index (κ2) is 7.96. The van der Waals surface area contributed by atoms with Gasteiger partial charge in [0.2, 0.25) is 5.65 Å². The Morgan fingerprint density at radius 1 is 1.10 bits per heavy atom. The molecule has 9 heteroatoms. The predicted octanol–water partition coefficient (Wildman–Crippen LogP) is 4.57. The second-order valence-corrected chi connectivity index (χ2v) is 8.17. The molecule has 0 radical (unpaired) electrons. The van der Waals surface area contributed by atoms with Gasteiger partial charge in [-0.2, -0.15) is 0 Å². The zero-order valence-corrected chi connectivity index (χ0v) is 17.8. The summed E-state index contributed by atoms with van der Waals surface area (Å²) in [5, 5.41) is 10.4. The van der Waals surface area contributed by atoms with Crippen LogP contribution in [0.5, 0.6) is 5.75 Å². The van der Waals surface area contributed by atoms with Gasteiger partial charge in [0.05, 0.1) is 12.8 Å². The average Bonchev–Trinajstić information content (AvgIpc) is 3.40. The van der Waals surface area contributed by atoms with Crippen molar-refractivity contribution in [3.63, 3.8) is 0 Å². The first kappa shape index (κ1) is 19.4.